The number of carbonyl (C=O) groups excluding carboxylic acids is 1. The minimum Gasteiger partial charge on any atom is -0.340 e. The number of amides is 1. The highest BCUT2D eigenvalue weighted by Crippen LogP contribution is 2.25. The average Bonchev–Trinajstić information content (AvgIpc) is 3.03. The van der Waals surface area contributed by atoms with E-state index in [-0.39, 0.29) is 0 Å². The summed E-state index contributed by atoms with van der Waals surface area (Å²) in [4.78, 5) is 14.6. The molecule has 0 spiro atoms. The zero-order valence-corrected chi connectivity index (χ0v) is 12.7. The molecule has 3 heteroatoms. The lowest BCUT2D eigenvalue weighted by atomic mass is 10.1. The van der Waals surface area contributed by atoms with Crippen LogP contribution in [0.4, 0.5) is 0 Å². The Bertz CT molecular complexity index is 280. The van der Waals surface area contributed by atoms with E-state index < -0.39 is 0 Å². The molecule has 1 amide bonds. The predicted octanol–water partition coefficient (Wildman–Crippen LogP) is 2.95. The van der Waals surface area contributed by atoms with Crippen LogP contribution in [0.25, 0.3) is 0 Å². The Hall–Kier alpha value is -0.570. The van der Waals surface area contributed by atoms with E-state index in [4.69, 9.17) is 0 Å². The van der Waals surface area contributed by atoms with Gasteiger partial charge in [-0.1, -0.05) is 26.7 Å². The molecule has 2 fully saturated rings. The third-order valence-electron chi connectivity index (χ3n) is 4.38. The summed E-state index contributed by atoms with van der Waals surface area (Å²) in [6.45, 7) is 6.32. The van der Waals surface area contributed by atoms with Gasteiger partial charge in [-0.15, -0.1) is 0 Å². The Balaban J connectivity index is 1.77. The number of hydrogen-bond donors (Lipinski definition) is 1. The Morgan fingerprint density at radius 3 is 2.47 bits per heavy atom. The quantitative estimate of drug-likeness (QED) is 0.732. The first-order chi connectivity index (χ1) is 9.16. The molecule has 2 saturated carbocycles. The molecule has 1 N–H and O–H groups in total. The van der Waals surface area contributed by atoms with Gasteiger partial charge in [0.2, 0.25) is 5.91 Å². The van der Waals surface area contributed by atoms with Crippen LogP contribution in [0, 0.1) is 5.92 Å². The van der Waals surface area contributed by atoms with Gasteiger partial charge in [-0.25, -0.2) is 0 Å². The van der Waals surface area contributed by atoms with Crippen molar-refractivity contribution in [1.82, 2.24) is 10.2 Å². The lowest BCUT2D eigenvalue weighted by molar-refractivity contribution is -0.133. The molecule has 2 rings (SSSR count). The largest absolute Gasteiger partial charge is 0.340 e. The van der Waals surface area contributed by atoms with Gasteiger partial charge in [0, 0.05) is 31.6 Å². The molecule has 0 aromatic heterocycles. The number of carbonyl (C=O) groups is 1. The van der Waals surface area contributed by atoms with E-state index in [1.165, 1.54) is 38.5 Å². The number of nitrogens with one attached hydrogen (secondary N) is 1. The van der Waals surface area contributed by atoms with Crippen molar-refractivity contribution < 1.29 is 4.79 Å². The summed E-state index contributed by atoms with van der Waals surface area (Å²) in [7, 11) is 0. The molecule has 2 aliphatic rings. The van der Waals surface area contributed by atoms with Crippen LogP contribution in [0.15, 0.2) is 0 Å². The Labute approximate surface area is 118 Å². The van der Waals surface area contributed by atoms with E-state index in [0.717, 1.165) is 19.5 Å². The maximum atomic E-state index is 12.4. The molecule has 0 aromatic carbocycles. The summed E-state index contributed by atoms with van der Waals surface area (Å²) in [6, 6.07) is 1.25. The van der Waals surface area contributed by atoms with Gasteiger partial charge in [-0.2, -0.15) is 0 Å². The van der Waals surface area contributed by atoms with Gasteiger partial charge in [0.15, 0.2) is 0 Å². The monoisotopic (exact) mass is 266 g/mol. The minimum atomic E-state index is 0.376. The fraction of sp³-hybridized carbons (Fsp3) is 0.938. The van der Waals surface area contributed by atoms with Crippen LogP contribution in [0.1, 0.15) is 65.2 Å². The molecule has 0 saturated heterocycles. The van der Waals surface area contributed by atoms with Crippen molar-refractivity contribution in [2.75, 3.05) is 13.1 Å². The summed E-state index contributed by atoms with van der Waals surface area (Å²) >= 11 is 0. The van der Waals surface area contributed by atoms with Crippen LogP contribution >= 0.6 is 0 Å². The van der Waals surface area contributed by atoms with Gasteiger partial charge in [-0.05, 0) is 38.0 Å². The molecule has 0 unspecified atom stereocenters. The van der Waals surface area contributed by atoms with Gasteiger partial charge >= 0.3 is 0 Å². The number of nitrogens with zero attached hydrogens (tertiary/aromatic N) is 1. The summed E-state index contributed by atoms with van der Waals surface area (Å²) in [5.74, 6) is 1.06. The van der Waals surface area contributed by atoms with E-state index in [0.29, 0.717) is 30.3 Å². The zero-order chi connectivity index (χ0) is 13.7. The van der Waals surface area contributed by atoms with Crippen LogP contribution in [0.3, 0.4) is 0 Å². The van der Waals surface area contributed by atoms with Crippen molar-refractivity contribution in [1.29, 1.82) is 0 Å². The Kier molecular flexibility index (Phi) is 5.68. The second-order valence-electron chi connectivity index (χ2n) is 6.69. The second-order valence-corrected chi connectivity index (χ2v) is 6.69. The molecule has 3 nitrogen and oxygen atoms in total. The summed E-state index contributed by atoms with van der Waals surface area (Å²) in [5, 5.41) is 3.45. The van der Waals surface area contributed by atoms with Crippen molar-refractivity contribution in [2.24, 2.45) is 5.92 Å². The molecule has 0 bridgehead atoms. The standard InChI is InChI=1S/C16H30N2O/c1-13(2)10-12-18(15-5-3-4-6-15)16(19)9-11-17-14-7-8-14/h13-15,17H,3-12H2,1-2H3. The highest BCUT2D eigenvalue weighted by molar-refractivity contribution is 5.76. The normalized spacial score (nSPS) is 20.2. The highest BCUT2D eigenvalue weighted by Gasteiger charge is 2.27. The van der Waals surface area contributed by atoms with Gasteiger partial charge < -0.3 is 10.2 Å². The van der Waals surface area contributed by atoms with Crippen molar-refractivity contribution >= 4 is 5.91 Å². The Morgan fingerprint density at radius 2 is 1.89 bits per heavy atom. The second kappa shape index (κ2) is 7.28. The van der Waals surface area contributed by atoms with Crippen molar-refractivity contribution in [3.63, 3.8) is 0 Å². The Morgan fingerprint density at radius 1 is 1.21 bits per heavy atom. The van der Waals surface area contributed by atoms with Crippen LogP contribution < -0.4 is 5.32 Å². The third kappa shape index (κ3) is 5.13. The summed E-state index contributed by atoms with van der Waals surface area (Å²) < 4.78 is 0. The molecule has 110 valence electrons. The minimum absolute atomic E-state index is 0.376. The zero-order valence-electron chi connectivity index (χ0n) is 12.7. The van der Waals surface area contributed by atoms with Crippen molar-refractivity contribution in [3.8, 4) is 0 Å². The first-order valence-electron chi connectivity index (χ1n) is 8.19. The van der Waals surface area contributed by atoms with Gasteiger partial charge in [0.05, 0.1) is 0 Å². The fourth-order valence-electron chi connectivity index (χ4n) is 2.94. The van der Waals surface area contributed by atoms with E-state index in [2.05, 4.69) is 24.1 Å². The SMILES string of the molecule is CC(C)CCN(C(=O)CCNC1CC1)C1CCCC1. The molecule has 0 aromatic rings. The van der Waals surface area contributed by atoms with E-state index >= 15 is 0 Å². The lowest BCUT2D eigenvalue weighted by Crippen LogP contribution is -2.41. The molecule has 2 aliphatic carbocycles. The first-order valence-corrected chi connectivity index (χ1v) is 8.19. The van der Waals surface area contributed by atoms with Gasteiger partial charge in [-0.3, -0.25) is 4.79 Å². The topological polar surface area (TPSA) is 32.3 Å². The van der Waals surface area contributed by atoms with Crippen molar-refractivity contribution in [2.45, 2.75) is 77.3 Å². The molecule has 0 aliphatic heterocycles. The van der Waals surface area contributed by atoms with E-state index in [1.807, 2.05) is 0 Å². The van der Waals surface area contributed by atoms with Crippen LogP contribution in [0.5, 0.6) is 0 Å². The van der Waals surface area contributed by atoms with Gasteiger partial charge in [0.1, 0.15) is 0 Å². The maximum absolute atomic E-state index is 12.4. The van der Waals surface area contributed by atoms with E-state index in [9.17, 15) is 4.79 Å². The van der Waals surface area contributed by atoms with E-state index in [1.54, 1.807) is 0 Å². The molecular formula is C16H30N2O. The predicted molar refractivity (Wildman–Crippen MR) is 79.1 cm³/mol. The molecule has 19 heavy (non-hydrogen) atoms. The molecule has 0 atom stereocenters. The third-order valence-corrected chi connectivity index (χ3v) is 4.38. The average molecular weight is 266 g/mol. The highest BCUT2D eigenvalue weighted by atomic mass is 16.2. The number of rotatable bonds is 8. The molecule has 0 heterocycles. The van der Waals surface area contributed by atoms with Crippen molar-refractivity contribution in [3.05, 3.63) is 0 Å². The fourth-order valence-corrected chi connectivity index (χ4v) is 2.94. The maximum Gasteiger partial charge on any atom is 0.224 e. The van der Waals surface area contributed by atoms with Crippen LogP contribution in [0.2, 0.25) is 0 Å². The van der Waals surface area contributed by atoms with Gasteiger partial charge in [0.25, 0.3) is 0 Å². The molecule has 0 radical (unpaired) electrons. The molecular weight excluding hydrogens is 236 g/mol. The first kappa shape index (κ1) is 14.8. The van der Waals surface area contributed by atoms with Crippen LogP contribution in [-0.2, 0) is 4.79 Å². The summed E-state index contributed by atoms with van der Waals surface area (Å²) in [6.07, 6.45) is 9.47. The lowest BCUT2D eigenvalue weighted by Gasteiger charge is -2.30. The summed E-state index contributed by atoms with van der Waals surface area (Å²) in [5.41, 5.74) is 0. The number of hydrogen-bond acceptors (Lipinski definition) is 2. The smallest absolute Gasteiger partial charge is 0.224 e. The van der Waals surface area contributed by atoms with Crippen LogP contribution in [-0.4, -0.2) is 36.0 Å².